The van der Waals surface area contributed by atoms with Crippen LogP contribution in [0.4, 0.5) is 5.69 Å². The molecule has 1 fully saturated rings. The molecule has 1 heterocycles. The lowest BCUT2D eigenvalue weighted by molar-refractivity contribution is -0.116. The topological polar surface area (TPSA) is 41.1 Å². The molecule has 1 atom stereocenters. The Hall–Kier alpha value is -0.290. The highest BCUT2D eigenvalue weighted by Gasteiger charge is 2.15. The Labute approximate surface area is 137 Å². The van der Waals surface area contributed by atoms with Crippen LogP contribution in [0.3, 0.4) is 0 Å². The molecule has 110 valence electrons. The molecule has 0 aliphatic carbocycles. The van der Waals surface area contributed by atoms with Crippen LogP contribution in [-0.4, -0.2) is 19.0 Å². The number of hydrogen-bond acceptors (Lipinski definition) is 2. The number of nitrogens with one attached hydrogen (secondary N) is 2. The van der Waals surface area contributed by atoms with E-state index in [0.717, 1.165) is 24.0 Å². The van der Waals surface area contributed by atoms with Crippen LogP contribution >= 0.6 is 39.1 Å². The molecule has 6 heteroatoms. The first-order valence-electron chi connectivity index (χ1n) is 6.72. The minimum Gasteiger partial charge on any atom is -0.325 e. The Kier molecular flexibility index (Phi) is 6.15. The fraction of sp³-hybridized carbons (Fsp3) is 0.500. The minimum atomic E-state index is -0.0177. The minimum absolute atomic E-state index is 0.0177. The summed E-state index contributed by atoms with van der Waals surface area (Å²) in [4.78, 5) is 12.0. The number of anilines is 1. The number of piperidine rings is 1. The van der Waals surface area contributed by atoms with E-state index < -0.39 is 0 Å². The molecule has 1 aromatic rings. The molecule has 2 rings (SSSR count). The van der Waals surface area contributed by atoms with Crippen molar-refractivity contribution in [2.24, 2.45) is 5.92 Å². The lowest BCUT2D eigenvalue weighted by Crippen LogP contribution is -2.30. The molecule has 20 heavy (non-hydrogen) atoms. The fourth-order valence-corrected chi connectivity index (χ4v) is 3.16. The molecule has 0 bridgehead atoms. The lowest BCUT2D eigenvalue weighted by atomic mass is 9.94. The summed E-state index contributed by atoms with van der Waals surface area (Å²) >= 11 is 15.4. The third-order valence-corrected chi connectivity index (χ3v) is 5.26. The van der Waals surface area contributed by atoms with Gasteiger partial charge in [-0.2, -0.15) is 0 Å². The van der Waals surface area contributed by atoms with Crippen LogP contribution in [0.1, 0.15) is 25.7 Å². The molecule has 1 aliphatic rings. The van der Waals surface area contributed by atoms with Gasteiger partial charge in [-0.15, -0.1) is 0 Å². The fourth-order valence-electron chi connectivity index (χ4n) is 2.34. The molecule has 0 spiro atoms. The summed E-state index contributed by atoms with van der Waals surface area (Å²) in [7, 11) is 0. The molecule has 1 amide bonds. The summed E-state index contributed by atoms with van der Waals surface area (Å²) < 4.78 is 0.718. The van der Waals surface area contributed by atoms with Crippen molar-refractivity contribution in [2.45, 2.75) is 25.7 Å². The van der Waals surface area contributed by atoms with Gasteiger partial charge in [0, 0.05) is 10.9 Å². The van der Waals surface area contributed by atoms with Crippen LogP contribution < -0.4 is 10.6 Å². The van der Waals surface area contributed by atoms with E-state index >= 15 is 0 Å². The predicted molar refractivity (Wildman–Crippen MR) is 87.6 cm³/mol. The van der Waals surface area contributed by atoms with Gasteiger partial charge in [0.25, 0.3) is 0 Å². The zero-order valence-electron chi connectivity index (χ0n) is 11.0. The van der Waals surface area contributed by atoms with Gasteiger partial charge in [-0.1, -0.05) is 23.2 Å². The predicted octanol–water partition coefficient (Wildman–Crippen LogP) is 4.47. The summed E-state index contributed by atoms with van der Waals surface area (Å²) in [6.07, 6.45) is 3.81. The van der Waals surface area contributed by atoms with Crippen molar-refractivity contribution < 1.29 is 4.79 Å². The van der Waals surface area contributed by atoms with Gasteiger partial charge >= 0.3 is 0 Å². The van der Waals surface area contributed by atoms with Crippen LogP contribution in [-0.2, 0) is 4.79 Å². The van der Waals surface area contributed by atoms with E-state index in [9.17, 15) is 4.79 Å². The Morgan fingerprint density at radius 1 is 1.40 bits per heavy atom. The van der Waals surface area contributed by atoms with Crippen molar-refractivity contribution in [2.75, 3.05) is 18.4 Å². The van der Waals surface area contributed by atoms with Gasteiger partial charge in [-0.05, 0) is 66.3 Å². The number of benzene rings is 1. The first-order chi connectivity index (χ1) is 9.58. The van der Waals surface area contributed by atoms with Crippen LogP contribution in [0.25, 0.3) is 0 Å². The van der Waals surface area contributed by atoms with E-state index in [2.05, 4.69) is 26.6 Å². The molecule has 0 saturated carbocycles. The maximum atomic E-state index is 12.0. The number of halogens is 3. The van der Waals surface area contributed by atoms with Crippen molar-refractivity contribution in [3.63, 3.8) is 0 Å². The first-order valence-corrected chi connectivity index (χ1v) is 8.27. The second kappa shape index (κ2) is 7.64. The van der Waals surface area contributed by atoms with Gasteiger partial charge in [0.05, 0.1) is 15.7 Å². The number of carbonyl (C=O) groups is 1. The Morgan fingerprint density at radius 2 is 2.20 bits per heavy atom. The molecule has 0 aromatic heterocycles. The van der Waals surface area contributed by atoms with Gasteiger partial charge in [0.15, 0.2) is 0 Å². The van der Waals surface area contributed by atoms with Crippen LogP contribution in [0.2, 0.25) is 10.0 Å². The quantitative estimate of drug-likeness (QED) is 0.757. The lowest BCUT2D eigenvalue weighted by Gasteiger charge is -2.22. The monoisotopic (exact) mass is 378 g/mol. The summed E-state index contributed by atoms with van der Waals surface area (Å²) in [5.41, 5.74) is 0.562. The highest BCUT2D eigenvalue weighted by atomic mass is 79.9. The van der Waals surface area contributed by atoms with E-state index in [0.29, 0.717) is 28.1 Å². The number of amides is 1. The molecule has 1 saturated heterocycles. The smallest absolute Gasteiger partial charge is 0.224 e. The molecule has 1 aromatic carbocycles. The number of hydrogen-bond donors (Lipinski definition) is 2. The standard InChI is InChI=1S/C14H17BrCl2N2O/c15-10-4-5-11(14(17)13(10)16)19-12(20)6-3-9-2-1-7-18-8-9/h4-5,9,18H,1-3,6-8H2,(H,19,20). The maximum Gasteiger partial charge on any atom is 0.224 e. The zero-order valence-corrected chi connectivity index (χ0v) is 14.1. The van der Waals surface area contributed by atoms with Gasteiger partial charge in [0.2, 0.25) is 5.91 Å². The van der Waals surface area contributed by atoms with Gasteiger partial charge in [-0.3, -0.25) is 4.79 Å². The Balaban J connectivity index is 1.86. The summed E-state index contributed by atoms with van der Waals surface area (Å²) in [6.45, 7) is 2.11. The van der Waals surface area contributed by atoms with E-state index in [1.54, 1.807) is 12.1 Å². The maximum absolute atomic E-state index is 12.0. The van der Waals surface area contributed by atoms with Crippen molar-refractivity contribution in [3.05, 3.63) is 26.7 Å². The van der Waals surface area contributed by atoms with E-state index in [4.69, 9.17) is 23.2 Å². The molecular formula is C14H17BrCl2N2O. The molecule has 3 nitrogen and oxygen atoms in total. The van der Waals surface area contributed by atoms with Crippen molar-refractivity contribution in [3.8, 4) is 0 Å². The van der Waals surface area contributed by atoms with Crippen LogP contribution in [0.15, 0.2) is 16.6 Å². The third-order valence-electron chi connectivity index (χ3n) is 3.49. The summed E-state index contributed by atoms with van der Waals surface area (Å²) in [5, 5.41) is 6.96. The van der Waals surface area contributed by atoms with Gasteiger partial charge in [0.1, 0.15) is 0 Å². The second-order valence-electron chi connectivity index (χ2n) is 5.02. The van der Waals surface area contributed by atoms with Gasteiger partial charge in [-0.25, -0.2) is 0 Å². The summed E-state index contributed by atoms with van der Waals surface area (Å²) in [5.74, 6) is 0.578. The zero-order chi connectivity index (χ0) is 14.5. The first kappa shape index (κ1) is 16.1. The van der Waals surface area contributed by atoms with E-state index in [1.165, 1.54) is 12.8 Å². The second-order valence-corrected chi connectivity index (χ2v) is 6.63. The normalized spacial score (nSPS) is 18.9. The molecule has 1 unspecified atom stereocenters. The Morgan fingerprint density at radius 3 is 2.90 bits per heavy atom. The highest BCUT2D eigenvalue weighted by Crippen LogP contribution is 2.35. The van der Waals surface area contributed by atoms with Crippen LogP contribution in [0.5, 0.6) is 0 Å². The average Bonchev–Trinajstić information content (AvgIpc) is 2.47. The average molecular weight is 380 g/mol. The van der Waals surface area contributed by atoms with Crippen molar-refractivity contribution >= 4 is 50.7 Å². The SMILES string of the molecule is O=C(CCC1CCCNC1)Nc1ccc(Br)c(Cl)c1Cl. The van der Waals surface area contributed by atoms with Crippen molar-refractivity contribution in [1.29, 1.82) is 0 Å². The van der Waals surface area contributed by atoms with Crippen molar-refractivity contribution in [1.82, 2.24) is 5.32 Å². The van der Waals surface area contributed by atoms with Gasteiger partial charge < -0.3 is 10.6 Å². The van der Waals surface area contributed by atoms with E-state index in [1.807, 2.05) is 0 Å². The van der Waals surface area contributed by atoms with Crippen LogP contribution in [0, 0.1) is 5.92 Å². The highest BCUT2D eigenvalue weighted by molar-refractivity contribution is 9.10. The molecule has 0 radical (unpaired) electrons. The Bertz CT molecular complexity index is 490. The van der Waals surface area contributed by atoms with E-state index in [-0.39, 0.29) is 5.91 Å². The number of rotatable bonds is 4. The summed E-state index contributed by atoms with van der Waals surface area (Å²) in [6, 6.07) is 3.52. The molecule has 1 aliphatic heterocycles. The molecular weight excluding hydrogens is 363 g/mol. The third kappa shape index (κ3) is 4.35. The number of carbonyl (C=O) groups excluding carboxylic acids is 1. The largest absolute Gasteiger partial charge is 0.325 e. The molecule has 2 N–H and O–H groups in total.